The number of carbonyl (C=O) groups excluding carboxylic acids is 1. The maximum absolute atomic E-state index is 12.0. The summed E-state index contributed by atoms with van der Waals surface area (Å²) in [7, 11) is 2.07. The normalized spacial score (nSPS) is 11.9. The van der Waals surface area contributed by atoms with E-state index in [9.17, 15) is 4.79 Å². The average molecular weight is 312 g/mol. The third kappa shape index (κ3) is 5.78. The smallest absolute Gasteiger partial charge is 0.164 e. The number of hydrogen-bond donors (Lipinski definition) is 0. The van der Waals surface area contributed by atoms with Gasteiger partial charge < -0.3 is 4.90 Å². The molecule has 1 aromatic rings. The molecule has 18 heavy (non-hydrogen) atoms. The topological polar surface area (TPSA) is 20.3 Å². The zero-order valence-corrected chi connectivity index (χ0v) is 13.3. The maximum atomic E-state index is 12.0. The van der Waals surface area contributed by atoms with Crippen molar-refractivity contribution in [1.29, 1.82) is 0 Å². The Morgan fingerprint density at radius 3 is 2.28 bits per heavy atom. The summed E-state index contributed by atoms with van der Waals surface area (Å²) < 4.78 is 1.00. The Kier molecular flexibility index (Phi) is 5.54. The molecule has 0 radical (unpaired) electrons. The number of nitrogens with zero attached hydrogens (tertiary/aromatic N) is 1. The molecule has 2 nitrogen and oxygen atoms in total. The third-order valence-electron chi connectivity index (χ3n) is 2.63. The molecule has 3 heteroatoms. The van der Waals surface area contributed by atoms with Gasteiger partial charge in [-0.25, -0.2) is 0 Å². The molecule has 0 saturated carbocycles. The van der Waals surface area contributed by atoms with Gasteiger partial charge in [-0.05, 0) is 24.6 Å². The molecule has 0 spiro atoms. The molecule has 0 aromatic heterocycles. The standard InChI is InChI=1S/C15H22BrNO/c1-15(2,3)11-17(4)10-9-14(18)12-5-7-13(16)8-6-12/h5-8H,9-11H2,1-4H3. The third-order valence-corrected chi connectivity index (χ3v) is 3.16. The van der Waals surface area contributed by atoms with Crippen molar-refractivity contribution in [1.82, 2.24) is 4.90 Å². The van der Waals surface area contributed by atoms with Gasteiger partial charge in [-0.15, -0.1) is 0 Å². The van der Waals surface area contributed by atoms with Gasteiger partial charge in [0.25, 0.3) is 0 Å². The lowest BCUT2D eigenvalue weighted by Crippen LogP contribution is -2.31. The van der Waals surface area contributed by atoms with Gasteiger partial charge in [0.1, 0.15) is 0 Å². The van der Waals surface area contributed by atoms with Crippen LogP contribution in [0.4, 0.5) is 0 Å². The average Bonchev–Trinajstić information content (AvgIpc) is 2.24. The second kappa shape index (κ2) is 6.48. The van der Waals surface area contributed by atoms with Crippen LogP contribution in [0.25, 0.3) is 0 Å². The number of Topliss-reactive ketones (excluding diaryl/α,β-unsaturated/α-hetero) is 1. The van der Waals surface area contributed by atoms with Crippen LogP contribution in [0.3, 0.4) is 0 Å². The van der Waals surface area contributed by atoms with Crippen LogP contribution in [0.1, 0.15) is 37.6 Å². The monoisotopic (exact) mass is 311 g/mol. The molecule has 100 valence electrons. The van der Waals surface area contributed by atoms with Gasteiger partial charge in [0, 0.05) is 29.5 Å². The van der Waals surface area contributed by atoms with Crippen molar-refractivity contribution < 1.29 is 4.79 Å². The van der Waals surface area contributed by atoms with Crippen molar-refractivity contribution in [3.63, 3.8) is 0 Å². The Morgan fingerprint density at radius 2 is 1.78 bits per heavy atom. The molecule has 0 unspecified atom stereocenters. The minimum atomic E-state index is 0.211. The number of halogens is 1. The van der Waals surface area contributed by atoms with Crippen LogP contribution in [0, 0.1) is 5.41 Å². The van der Waals surface area contributed by atoms with Crippen molar-refractivity contribution in [2.45, 2.75) is 27.2 Å². The number of hydrogen-bond acceptors (Lipinski definition) is 2. The number of benzene rings is 1. The first-order chi connectivity index (χ1) is 8.28. The molecule has 1 aromatic carbocycles. The lowest BCUT2D eigenvalue weighted by molar-refractivity contribution is 0.0961. The molecule has 0 N–H and O–H groups in total. The number of ketones is 1. The predicted molar refractivity (Wildman–Crippen MR) is 80.0 cm³/mol. The Bertz CT molecular complexity index is 392. The molecule has 0 bridgehead atoms. The zero-order valence-electron chi connectivity index (χ0n) is 11.7. The Labute approximate surface area is 119 Å². The van der Waals surface area contributed by atoms with Gasteiger partial charge in [0.05, 0.1) is 0 Å². The van der Waals surface area contributed by atoms with Crippen LogP contribution in [0.15, 0.2) is 28.7 Å². The second-order valence-corrected chi connectivity index (χ2v) is 6.89. The fraction of sp³-hybridized carbons (Fsp3) is 0.533. The Morgan fingerprint density at radius 1 is 1.22 bits per heavy atom. The van der Waals surface area contributed by atoms with Gasteiger partial charge in [-0.3, -0.25) is 4.79 Å². The van der Waals surface area contributed by atoms with Gasteiger partial charge >= 0.3 is 0 Å². The summed E-state index contributed by atoms with van der Waals surface area (Å²) in [5.74, 6) is 0.211. The first-order valence-electron chi connectivity index (χ1n) is 6.25. The van der Waals surface area contributed by atoms with Crippen LogP contribution in [0.5, 0.6) is 0 Å². The molecule has 0 atom stereocenters. The molecular formula is C15H22BrNO. The lowest BCUT2D eigenvalue weighted by Gasteiger charge is -2.26. The van der Waals surface area contributed by atoms with Gasteiger partial charge in [-0.1, -0.05) is 48.8 Å². The molecule has 1 rings (SSSR count). The fourth-order valence-corrected chi connectivity index (χ4v) is 2.23. The van der Waals surface area contributed by atoms with Gasteiger partial charge in [0.2, 0.25) is 0 Å². The fourth-order valence-electron chi connectivity index (χ4n) is 1.96. The van der Waals surface area contributed by atoms with E-state index in [0.717, 1.165) is 23.1 Å². The van der Waals surface area contributed by atoms with Gasteiger partial charge in [0.15, 0.2) is 5.78 Å². The highest BCUT2D eigenvalue weighted by molar-refractivity contribution is 9.10. The Hall–Kier alpha value is -0.670. The van der Waals surface area contributed by atoms with Crippen LogP contribution in [0.2, 0.25) is 0 Å². The van der Waals surface area contributed by atoms with E-state index in [-0.39, 0.29) is 11.2 Å². The van der Waals surface area contributed by atoms with Crippen molar-refractivity contribution in [3.05, 3.63) is 34.3 Å². The summed E-state index contributed by atoms with van der Waals surface area (Å²) in [6.07, 6.45) is 0.578. The van der Waals surface area contributed by atoms with Crippen LogP contribution in [-0.4, -0.2) is 30.8 Å². The molecule has 0 amide bonds. The molecule has 0 fully saturated rings. The summed E-state index contributed by atoms with van der Waals surface area (Å²) in [6.45, 7) is 8.44. The van der Waals surface area contributed by atoms with E-state index in [2.05, 4.69) is 48.6 Å². The van der Waals surface area contributed by atoms with Gasteiger partial charge in [-0.2, -0.15) is 0 Å². The number of rotatable bonds is 5. The summed E-state index contributed by atoms with van der Waals surface area (Å²) >= 11 is 3.37. The molecule has 0 aliphatic heterocycles. The Balaban J connectivity index is 2.44. The first kappa shape index (κ1) is 15.4. The molecular weight excluding hydrogens is 290 g/mol. The molecule has 0 aliphatic rings. The van der Waals surface area contributed by atoms with E-state index in [1.165, 1.54) is 0 Å². The van der Waals surface area contributed by atoms with E-state index in [4.69, 9.17) is 0 Å². The summed E-state index contributed by atoms with van der Waals surface area (Å²) in [6, 6.07) is 7.56. The van der Waals surface area contributed by atoms with E-state index in [0.29, 0.717) is 6.42 Å². The maximum Gasteiger partial charge on any atom is 0.164 e. The highest BCUT2D eigenvalue weighted by Gasteiger charge is 2.14. The molecule has 0 aliphatic carbocycles. The quantitative estimate of drug-likeness (QED) is 0.766. The van der Waals surface area contributed by atoms with Crippen molar-refractivity contribution in [2.75, 3.05) is 20.1 Å². The highest BCUT2D eigenvalue weighted by Crippen LogP contribution is 2.15. The van der Waals surface area contributed by atoms with E-state index < -0.39 is 0 Å². The first-order valence-corrected chi connectivity index (χ1v) is 7.04. The van der Waals surface area contributed by atoms with E-state index in [1.807, 2.05) is 24.3 Å². The zero-order chi connectivity index (χ0) is 13.8. The summed E-state index contributed by atoms with van der Waals surface area (Å²) in [4.78, 5) is 14.2. The highest BCUT2D eigenvalue weighted by atomic mass is 79.9. The predicted octanol–water partition coefficient (Wildman–Crippen LogP) is 4.00. The largest absolute Gasteiger partial charge is 0.305 e. The minimum Gasteiger partial charge on any atom is -0.305 e. The summed E-state index contributed by atoms with van der Waals surface area (Å²) in [5, 5.41) is 0. The second-order valence-electron chi connectivity index (χ2n) is 5.98. The van der Waals surface area contributed by atoms with Crippen LogP contribution in [-0.2, 0) is 0 Å². The SMILES string of the molecule is CN(CCC(=O)c1ccc(Br)cc1)CC(C)(C)C. The lowest BCUT2D eigenvalue weighted by atomic mass is 9.96. The van der Waals surface area contributed by atoms with Crippen molar-refractivity contribution in [2.24, 2.45) is 5.41 Å². The number of carbonyl (C=O) groups is 1. The summed E-state index contributed by atoms with van der Waals surface area (Å²) in [5.41, 5.74) is 1.07. The van der Waals surface area contributed by atoms with Crippen LogP contribution < -0.4 is 0 Å². The van der Waals surface area contributed by atoms with E-state index in [1.54, 1.807) is 0 Å². The van der Waals surface area contributed by atoms with Crippen LogP contribution >= 0.6 is 15.9 Å². The molecule has 0 heterocycles. The van der Waals surface area contributed by atoms with Crippen molar-refractivity contribution >= 4 is 21.7 Å². The minimum absolute atomic E-state index is 0.211. The van der Waals surface area contributed by atoms with E-state index >= 15 is 0 Å². The van der Waals surface area contributed by atoms with Crippen molar-refractivity contribution in [3.8, 4) is 0 Å². The molecule has 0 saturated heterocycles.